The minimum atomic E-state index is -3.59. The number of sulfonamides is 1. The van der Waals surface area contributed by atoms with Crippen LogP contribution in [0.5, 0.6) is 0 Å². The Kier molecular flexibility index (Phi) is 7.97. The number of hydrogen-bond acceptors (Lipinski definition) is 3. The molecule has 0 aliphatic heterocycles. The Morgan fingerprint density at radius 2 is 2.00 bits per heavy atom. The molecule has 0 unspecified atom stereocenters. The Morgan fingerprint density at radius 3 is 2.56 bits per heavy atom. The summed E-state index contributed by atoms with van der Waals surface area (Å²) < 4.78 is 39.1. The van der Waals surface area contributed by atoms with E-state index < -0.39 is 15.8 Å². The number of rotatable bonds is 6. The summed E-state index contributed by atoms with van der Waals surface area (Å²) in [4.78, 5) is 0.0374. The molecule has 0 heterocycles. The summed E-state index contributed by atoms with van der Waals surface area (Å²) >= 11 is 3.03. The van der Waals surface area contributed by atoms with E-state index in [0.29, 0.717) is 13.1 Å². The second kappa shape index (κ2) is 8.06. The number of likely N-dealkylation sites (N-methyl/N-ethyl adjacent to an activating group) is 1. The van der Waals surface area contributed by atoms with E-state index in [1.165, 1.54) is 6.07 Å². The molecule has 1 rings (SSSR count). The lowest BCUT2D eigenvalue weighted by Crippen LogP contribution is -2.31. The van der Waals surface area contributed by atoms with E-state index in [0.717, 1.165) is 18.7 Å². The normalized spacial score (nSPS) is 11.1. The van der Waals surface area contributed by atoms with Crippen molar-refractivity contribution in [1.82, 2.24) is 10.0 Å². The van der Waals surface area contributed by atoms with Gasteiger partial charge < -0.3 is 5.32 Å². The standard InChI is InChI=1S/C10H14BrFN2O2S.ClH/c1-2-13-5-6-14-17(15,16)10-4-3-8(12)7-9(10)11;/h3-4,7,13-14H,2,5-6H2,1H3;1H. The van der Waals surface area contributed by atoms with Gasteiger partial charge in [-0.15, -0.1) is 12.4 Å². The van der Waals surface area contributed by atoms with E-state index in [1.54, 1.807) is 0 Å². The SMILES string of the molecule is CCNCCNS(=O)(=O)c1ccc(F)cc1Br.Cl. The van der Waals surface area contributed by atoms with Gasteiger partial charge in [0.05, 0.1) is 4.90 Å². The topological polar surface area (TPSA) is 58.2 Å². The molecule has 8 heteroatoms. The van der Waals surface area contributed by atoms with Crippen LogP contribution < -0.4 is 10.0 Å². The van der Waals surface area contributed by atoms with Crippen molar-refractivity contribution >= 4 is 38.4 Å². The zero-order valence-corrected chi connectivity index (χ0v) is 13.0. The summed E-state index contributed by atoms with van der Waals surface area (Å²) in [5, 5.41) is 3.00. The van der Waals surface area contributed by atoms with Crippen LogP contribution in [0.1, 0.15) is 6.92 Å². The lowest BCUT2D eigenvalue weighted by Gasteiger charge is -2.08. The molecule has 0 fully saturated rings. The van der Waals surface area contributed by atoms with Crippen molar-refractivity contribution in [3.8, 4) is 0 Å². The maximum absolute atomic E-state index is 12.8. The molecule has 18 heavy (non-hydrogen) atoms. The molecular formula is C10H15BrClFN2O2S. The van der Waals surface area contributed by atoms with E-state index in [2.05, 4.69) is 26.0 Å². The zero-order chi connectivity index (χ0) is 12.9. The quantitative estimate of drug-likeness (QED) is 0.761. The van der Waals surface area contributed by atoms with Crippen LogP contribution in [-0.2, 0) is 10.0 Å². The van der Waals surface area contributed by atoms with E-state index in [1.807, 2.05) is 6.92 Å². The van der Waals surface area contributed by atoms with Gasteiger partial charge in [-0.2, -0.15) is 0 Å². The van der Waals surface area contributed by atoms with Crippen LogP contribution in [0, 0.1) is 5.82 Å². The van der Waals surface area contributed by atoms with Crippen LogP contribution in [0.2, 0.25) is 0 Å². The highest BCUT2D eigenvalue weighted by Crippen LogP contribution is 2.22. The molecule has 0 saturated carbocycles. The van der Waals surface area contributed by atoms with Gasteiger partial charge in [0.2, 0.25) is 10.0 Å². The molecule has 0 aliphatic rings. The first-order valence-corrected chi connectivity index (χ1v) is 7.40. The summed E-state index contributed by atoms with van der Waals surface area (Å²) in [5.41, 5.74) is 0. The maximum atomic E-state index is 12.8. The van der Waals surface area contributed by atoms with Crippen molar-refractivity contribution in [2.75, 3.05) is 19.6 Å². The third-order valence-electron chi connectivity index (χ3n) is 2.03. The molecule has 0 aliphatic carbocycles. The van der Waals surface area contributed by atoms with Gasteiger partial charge in [0.25, 0.3) is 0 Å². The van der Waals surface area contributed by atoms with Crippen LogP contribution in [0.15, 0.2) is 27.6 Å². The Balaban J connectivity index is 0.00000289. The van der Waals surface area contributed by atoms with Crippen molar-refractivity contribution in [2.24, 2.45) is 0 Å². The maximum Gasteiger partial charge on any atom is 0.241 e. The lowest BCUT2D eigenvalue weighted by molar-refractivity contribution is 0.576. The second-order valence-corrected chi connectivity index (χ2v) is 5.92. The van der Waals surface area contributed by atoms with Crippen LogP contribution >= 0.6 is 28.3 Å². The zero-order valence-electron chi connectivity index (χ0n) is 9.74. The van der Waals surface area contributed by atoms with E-state index in [9.17, 15) is 12.8 Å². The van der Waals surface area contributed by atoms with Crippen molar-refractivity contribution in [2.45, 2.75) is 11.8 Å². The fourth-order valence-electron chi connectivity index (χ4n) is 1.22. The van der Waals surface area contributed by atoms with Crippen LogP contribution in [0.3, 0.4) is 0 Å². The Morgan fingerprint density at radius 1 is 1.33 bits per heavy atom. The number of benzene rings is 1. The van der Waals surface area contributed by atoms with Crippen molar-refractivity contribution in [3.05, 3.63) is 28.5 Å². The van der Waals surface area contributed by atoms with Crippen LogP contribution in [0.4, 0.5) is 4.39 Å². The fraction of sp³-hybridized carbons (Fsp3) is 0.400. The highest BCUT2D eigenvalue weighted by Gasteiger charge is 2.17. The summed E-state index contributed by atoms with van der Waals surface area (Å²) in [6, 6.07) is 3.47. The van der Waals surface area contributed by atoms with Gasteiger partial charge in [-0.05, 0) is 40.7 Å². The molecule has 0 bridgehead atoms. The summed E-state index contributed by atoms with van der Waals surface area (Å²) in [7, 11) is -3.59. The molecule has 0 spiro atoms. The molecule has 4 nitrogen and oxygen atoms in total. The predicted molar refractivity (Wildman–Crippen MR) is 75.1 cm³/mol. The summed E-state index contributed by atoms with van der Waals surface area (Å²) in [5.74, 6) is -0.483. The van der Waals surface area contributed by atoms with E-state index in [-0.39, 0.29) is 21.8 Å². The third kappa shape index (κ3) is 5.19. The molecular weight excluding hydrogens is 347 g/mol. The largest absolute Gasteiger partial charge is 0.316 e. The number of nitrogens with one attached hydrogen (secondary N) is 2. The first-order chi connectivity index (χ1) is 7.97. The molecule has 0 saturated heterocycles. The molecule has 1 aromatic carbocycles. The molecule has 1 aromatic rings. The average Bonchev–Trinajstić information content (AvgIpc) is 2.24. The van der Waals surface area contributed by atoms with Crippen molar-refractivity contribution < 1.29 is 12.8 Å². The predicted octanol–water partition coefficient (Wildman–Crippen LogP) is 1.90. The lowest BCUT2D eigenvalue weighted by atomic mass is 10.3. The summed E-state index contributed by atoms with van der Waals surface area (Å²) in [6.45, 7) is 3.56. The first-order valence-electron chi connectivity index (χ1n) is 5.13. The second-order valence-electron chi connectivity index (χ2n) is 3.33. The first kappa shape index (κ1) is 17.8. The van der Waals surface area contributed by atoms with Gasteiger partial charge >= 0.3 is 0 Å². The highest BCUT2D eigenvalue weighted by atomic mass is 79.9. The van der Waals surface area contributed by atoms with Gasteiger partial charge in [0.15, 0.2) is 0 Å². The molecule has 0 atom stereocenters. The minimum absolute atomic E-state index is 0. The Labute approximate surface area is 121 Å². The Hall–Kier alpha value is -0.210. The van der Waals surface area contributed by atoms with Gasteiger partial charge in [0.1, 0.15) is 5.82 Å². The molecule has 104 valence electrons. The van der Waals surface area contributed by atoms with Crippen LogP contribution in [0.25, 0.3) is 0 Å². The highest BCUT2D eigenvalue weighted by molar-refractivity contribution is 9.10. The monoisotopic (exact) mass is 360 g/mol. The molecule has 0 aromatic heterocycles. The fourth-order valence-corrected chi connectivity index (χ4v) is 3.30. The van der Waals surface area contributed by atoms with Crippen molar-refractivity contribution in [3.63, 3.8) is 0 Å². The average molecular weight is 362 g/mol. The van der Waals surface area contributed by atoms with Crippen molar-refractivity contribution in [1.29, 1.82) is 0 Å². The van der Waals surface area contributed by atoms with E-state index >= 15 is 0 Å². The van der Waals surface area contributed by atoms with Gasteiger partial charge in [-0.25, -0.2) is 17.5 Å². The Bertz CT molecular complexity index is 485. The molecule has 2 N–H and O–H groups in total. The molecule has 0 amide bonds. The van der Waals surface area contributed by atoms with Crippen LogP contribution in [-0.4, -0.2) is 28.1 Å². The minimum Gasteiger partial charge on any atom is -0.316 e. The summed E-state index contributed by atoms with van der Waals surface area (Å²) in [6.07, 6.45) is 0. The molecule has 0 radical (unpaired) electrons. The van der Waals surface area contributed by atoms with Gasteiger partial charge in [0, 0.05) is 17.6 Å². The third-order valence-corrected chi connectivity index (χ3v) is 4.47. The van der Waals surface area contributed by atoms with Gasteiger partial charge in [-0.1, -0.05) is 6.92 Å². The van der Waals surface area contributed by atoms with E-state index in [4.69, 9.17) is 0 Å². The number of hydrogen-bond donors (Lipinski definition) is 2. The van der Waals surface area contributed by atoms with Gasteiger partial charge in [-0.3, -0.25) is 0 Å². The number of halogens is 3. The smallest absolute Gasteiger partial charge is 0.241 e.